The molecule has 5 nitrogen and oxygen atoms in total. The number of benzene rings is 2. The van der Waals surface area contributed by atoms with E-state index in [1.54, 1.807) is 29.8 Å². The van der Waals surface area contributed by atoms with E-state index in [1.807, 2.05) is 24.3 Å². The lowest BCUT2D eigenvalue weighted by Crippen LogP contribution is -1.91. The van der Waals surface area contributed by atoms with E-state index in [2.05, 4.69) is 15.5 Å². The van der Waals surface area contributed by atoms with E-state index in [1.165, 1.54) is 11.3 Å². The third kappa shape index (κ3) is 4.38. The SMILES string of the molecule is Nc1csc(NN=Cc2ccc(Oc3ccc(Cl)cc3Cl)cc2)n1. The summed E-state index contributed by atoms with van der Waals surface area (Å²) in [5.41, 5.74) is 9.26. The van der Waals surface area contributed by atoms with Gasteiger partial charge in [-0.15, -0.1) is 11.3 Å². The van der Waals surface area contributed by atoms with Crippen LogP contribution in [0.3, 0.4) is 0 Å². The summed E-state index contributed by atoms with van der Waals surface area (Å²) in [7, 11) is 0. The number of anilines is 2. The lowest BCUT2D eigenvalue weighted by molar-refractivity contribution is 0.483. The average molecular weight is 379 g/mol. The minimum Gasteiger partial charge on any atom is -0.456 e. The summed E-state index contributed by atoms with van der Waals surface area (Å²) in [5.74, 6) is 1.68. The van der Waals surface area contributed by atoms with Crippen LogP contribution in [0.2, 0.25) is 10.0 Å². The molecule has 0 unspecified atom stereocenters. The number of aromatic nitrogens is 1. The van der Waals surface area contributed by atoms with Crippen LogP contribution in [0.1, 0.15) is 5.56 Å². The maximum Gasteiger partial charge on any atom is 0.205 e. The average Bonchev–Trinajstić information content (AvgIpc) is 2.97. The Morgan fingerprint density at radius 1 is 1.17 bits per heavy atom. The van der Waals surface area contributed by atoms with Crippen molar-refractivity contribution < 1.29 is 4.74 Å². The highest BCUT2D eigenvalue weighted by Gasteiger charge is 2.04. The third-order valence-corrected chi connectivity index (χ3v) is 4.19. The van der Waals surface area contributed by atoms with Crippen LogP contribution in [0.4, 0.5) is 10.9 Å². The lowest BCUT2D eigenvalue weighted by Gasteiger charge is -2.07. The Morgan fingerprint density at radius 3 is 2.62 bits per heavy atom. The van der Waals surface area contributed by atoms with Crippen molar-refractivity contribution in [3.63, 3.8) is 0 Å². The lowest BCUT2D eigenvalue weighted by atomic mass is 10.2. The summed E-state index contributed by atoms with van der Waals surface area (Å²) in [4.78, 5) is 4.05. The molecule has 0 amide bonds. The second kappa shape index (κ2) is 7.53. The topological polar surface area (TPSA) is 72.5 Å². The first-order valence-corrected chi connectivity index (χ1v) is 8.47. The van der Waals surface area contributed by atoms with Gasteiger partial charge in [0.05, 0.1) is 11.2 Å². The Hall–Kier alpha value is -2.28. The molecule has 1 heterocycles. The van der Waals surface area contributed by atoms with E-state index < -0.39 is 0 Å². The Balaban J connectivity index is 1.62. The standard InChI is InChI=1S/C16H12Cl2N4OS/c17-11-3-6-14(13(18)7-11)23-12-4-1-10(2-5-12)8-20-22-16-21-15(19)9-24-16/h1-9H,19H2,(H,21,22). The zero-order chi connectivity index (χ0) is 16.9. The number of nitrogens with zero attached hydrogens (tertiary/aromatic N) is 2. The molecule has 0 fully saturated rings. The van der Waals surface area contributed by atoms with E-state index >= 15 is 0 Å². The number of hydrogen-bond acceptors (Lipinski definition) is 6. The van der Waals surface area contributed by atoms with Crippen molar-refractivity contribution in [3.05, 3.63) is 63.5 Å². The van der Waals surface area contributed by atoms with Gasteiger partial charge in [-0.2, -0.15) is 5.10 Å². The summed E-state index contributed by atoms with van der Waals surface area (Å²) >= 11 is 13.3. The molecular weight excluding hydrogens is 367 g/mol. The van der Waals surface area contributed by atoms with Crippen molar-refractivity contribution in [1.29, 1.82) is 0 Å². The molecule has 3 rings (SSSR count). The minimum absolute atomic E-state index is 0.458. The largest absolute Gasteiger partial charge is 0.456 e. The fourth-order valence-electron chi connectivity index (χ4n) is 1.81. The van der Waals surface area contributed by atoms with Crippen LogP contribution >= 0.6 is 34.5 Å². The van der Waals surface area contributed by atoms with Crippen molar-refractivity contribution in [2.45, 2.75) is 0 Å². The predicted molar refractivity (Wildman–Crippen MR) is 101 cm³/mol. The van der Waals surface area contributed by atoms with Gasteiger partial charge in [-0.1, -0.05) is 23.2 Å². The van der Waals surface area contributed by atoms with E-state index in [0.717, 1.165) is 5.56 Å². The van der Waals surface area contributed by atoms with Crippen LogP contribution in [-0.4, -0.2) is 11.2 Å². The van der Waals surface area contributed by atoms with Crippen LogP contribution in [-0.2, 0) is 0 Å². The van der Waals surface area contributed by atoms with Crippen LogP contribution in [0, 0.1) is 0 Å². The van der Waals surface area contributed by atoms with Crippen LogP contribution in [0.15, 0.2) is 52.9 Å². The van der Waals surface area contributed by atoms with Crippen molar-refractivity contribution >= 4 is 51.7 Å². The number of ether oxygens (including phenoxy) is 1. The Kier molecular flexibility index (Phi) is 5.20. The molecule has 1 aromatic heterocycles. The van der Waals surface area contributed by atoms with E-state index in [-0.39, 0.29) is 0 Å². The molecule has 24 heavy (non-hydrogen) atoms. The molecular formula is C16H12Cl2N4OS. The van der Waals surface area contributed by atoms with Gasteiger partial charge in [-0.05, 0) is 48.0 Å². The Morgan fingerprint density at radius 2 is 1.96 bits per heavy atom. The number of hydrazone groups is 1. The van der Waals surface area contributed by atoms with Crippen molar-refractivity contribution in [3.8, 4) is 11.5 Å². The molecule has 2 aromatic carbocycles. The summed E-state index contributed by atoms with van der Waals surface area (Å²) in [6.07, 6.45) is 1.68. The normalized spacial score (nSPS) is 10.9. The quantitative estimate of drug-likeness (QED) is 0.468. The molecule has 8 heteroatoms. The number of halogens is 2. The molecule has 0 saturated carbocycles. The van der Waals surface area contributed by atoms with Gasteiger partial charge in [0.15, 0.2) is 0 Å². The van der Waals surface area contributed by atoms with E-state index in [9.17, 15) is 0 Å². The number of rotatable bonds is 5. The minimum atomic E-state index is 0.458. The first-order valence-electron chi connectivity index (χ1n) is 6.83. The van der Waals surface area contributed by atoms with E-state index in [0.29, 0.717) is 32.5 Å². The second-order valence-corrected chi connectivity index (χ2v) is 6.40. The van der Waals surface area contributed by atoms with Gasteiger partial charge >= 0.3 is 0 Å². The van der Waals surface area contributed by atoms with Crippen LogP contribution in [0.25, 0.3) is 0 Å². The zero-order valence-corrected chi connectivity index (χ0v) is 14.6. The third-order valence-electron chi connectivity index (χ3n) is 2.90. The molecule has 0 atom stereocenters. The van der Waals surface area contributed by atoms with Gasteiger partial charge in [-0.3, -0.25) is 5.43 Å². The zero-order valence-electron chi connectivity index (χ0n) is 12.2. The fourth-order valence-corrected chi connectivity index (χ4v) is 2.80. The molecule has 3 N–H and O–H groups in total. The van der Waals surface area contributed by atoms with Crippen molar-refractivity contribution in [2.75, 3.05) is 11.2 Å². The summed E-state index contributed by atoms with van der Waals surface area (Å²) in [5, 5.41) is 7.51. The first-order chi connectivity index (χ1) is 11.6. The van der Waals surface area contributed by atoms with Crippen molar-refractivity contribution in [2.24, 2.45) is 5.10 Å². The number of nitrogen functional groups attached to an aromatic ring is 1. The highest BCUT2D eigenvalue weighted by atomic mass is 35.5. The molecule has 0 spiro atoms. The van der Waals surface area contributed by atoms with Gasteiger partial charge in [0.1, 0.15) is 17.3 Å². The molecule has 0 aliphatic heterocycles. The van der Waals surface area contributed by atoms with Crippen LogP contribution < -0.4 is 15.9 Å². The highest BCUT2D eigenvalue weighted by Crippen LogP contribution is 2.31. The Bertz CT molecular complexity index is 865. The maximum absolute atomic E-state index is 6.09. The molecule has 0 radical (unpaired) electrons. The number of nitrogens with one attached hydrogen (secondary N) is 1. The van der Waals surface area contributed by atoms with Gasteiger partial charge in [0.2, 0.25) is 5.13 Å². The van der Waals surface area contributed by atoms with Gasteiger partial charge < -0.3 is 10.5 Å². The molecule has 0 saturated heterocycles. The summed E-state index contributed by atoms with van der Waals surface area (Å²) in [6.45, 7) is 0. The molecule has 0 aliphatic rings. The van der Waals surface area contributed by atoms with Gasteiger partial charge in [-0.25, -0.2) is 4.98 Å². The molecule has 0 bridgehead atoms. The maximum atomic E-state index is 6.09. The van der Waals surface area contributed by atoms with Crippen molar-refractivity contribution in [1.82, 2.24) is 4.98 Å². The first kappa shape index (κ1) is 16.6. The number of nitrogens with two attached hydrogens (primary N) is 1. The van der Waals surface area contributed by atoms with Gasteiger partial charge in [0, 0.05) is 10.4 Å². The van der Waals surface area contributed by atoms with E-state index in [4.69, 9.17) is 33.7 Å². The summed E-state index contributed by atoms with van der Waals surface area (Å²) in [6, 6.07) is 12.5. The Labute approximate surface area is 152 Å². The molecule has 3 aromatic rings. The fraction of sp³-hybridized carbons (Fsp3) is 0. The highest BCUT2D eigenvalue weighted by molar-refractivity contribution is 7.14. The number of hydrogen-bond donors (Lipinski definition) is 2. The summed E-state index contributed by atoms with van der Waals surface area (Å²) < 4.78 is 5.72. The number of thiazole rings is 1. The van der Waals surface area contributed by atoms with Crippen LogP contribution in [0.5, 0.6) is 11.5 Å². The molecule has 0 aliphatic carbocycles. The predicted octanol–water partition coefficient (Wildman–Crippen LogP) is 5.27. The second-order valence-electron chi connectivity index (χ2n) is 4.69. The molecule has 122 valence electrons. The van der Waals surface area contributed by atoms with Gasteiger partial charge in [0.25, 0.3) is 0 Å². The smallest absolute Gasteiger partial charge is 0.205 e. The monoisotopic (exact) mass is 378 g/mol.